The van der Waals surface area contributed by atoms with Gasteiger partial charge in [0.1, 0.15) is 5.75 Å². The molecule has 0 spiro atoms. The summed E-state index contributed by atoms with van der Waals surface area (Å²) in [7, 11) is 1.62. The monoisotopic (exact) mass is 214 g/mol. The summed E-state index contributed by atoms with van der Waals surface area (Å²) >= 11 is 1.49. The van der Waals surface area contributed by atoms with Gasteiger partial charge in [0.05, 0.1) is 19.8 Å². The van der Waals surface area contributed by atoms with Crippen molar-refractivity contribution in [3.63, 3.8) is 0 Å². The van der Waals surface area contributed by atoms with Crippen LogP contribution in [0.25, 0.3) is 0 Å². The van der Waals surface area contributed by atoms with E-state index in [0.29, 0.717) is 5.75 Å². The first-order valence-electron chi connectivity index (χ1n) is 4.32. The van der Waals surface area contributed by atoms with Crippen LogP contribution in [0.2, 0.25) is 0 Å². The molecule has 78 valence electrons. The molecule has 0 aliphatic carbocycles. The molecule has 0 heterocycles. The lowest BCUT2D eigenvalue weighted by atomic mass is 10.3. The first-order chi connectivity index (χ1) is 6.76. The van der Waals surface area contributed by atoms with Gasteiger partial charge in [-0.25, -0.2) is 0 Å². The lowest BCUT2D eigenvalue weighted by molar-refractivity contribution is 0.113. The van der Waals surface area contributed by atoms with Gasteiger partial charge in [-0.05, 0) is 18.2 Å². The molecule has 0 amide bonds. The van der Waals surface area contributed by atoms with Crippen LogP contribution in [-0.2, 0) is 0 Å². The van der Waals surface area contributed by atoms with Crippen LogP contribution in [0.1, 0.15) is 0 Å². The molecule has 1 atom stereocenters. The Bertz CT molecular complexity index is 278. The molecule has 0 aromatic heterocycles. The van der Waals surface area contributed by atoms with E-state index in [1.165, 1.54) is 11.8 Å². The van der Waals surface area contributed by atoms with E-state index in [4.69, 9.17) is 14.9 Å². The third-order valence-electron chi connectivity index (χ3n) is 1.69. The number of methoxy groups -OCH3 is 1. The molecule has 3 nitrogen and oxygen atoms in total. The maximum Gasteiger partial charge on any atom is 0.119 e. The van der Waals surface area contributed by atoms with Crippen LogP contribution in [0.3, 0.4) is 0 Å². The van der Waals surface area contributed by atoms with Gasteiger partial charge in [0.15, 0.2) is 0 Å². The highest BCUT2D eigenvalue weighted by molar-refractivity contribution is 7.99. The van der Waals surface area contributed by atoms with Crippen molar-refractivity contribution >= 4 is 11.8 Å². The zero-order valence-corrected chi connectivity index (χ0v) is 8.83. The SMILES string of the molecule is COc1cccc(SCC(O)CO)c1. The van der Waals surface area contributed by atoms with E-state index in [2.05, 4.69) is 0 Å². The van der Waals surface area contributed by atoms with Crippen LogP contribution in [-0.4, -0.2) is 35.8 Å². The lowest BCUT2D eigenvalue weighted by Crippen LogP contribution is -2.14. The van der Waals surface area contributed by atoms with Crippen molar-refractivity contribution in [1.82, 2.24) is 0 Å². The van der Waals surface area contributed by atoms with Gasteiger partial charge in [-0.3, -0.25) is 0 Å². The van der Waals surface area contributed by atoms with Crippen LogP contribution in [0.5, 0.6) is 5.75 Å². The molecule has 1 aromatic carbocycles. The minimum atomic E-state index is -0.661. The second kappa shape index (κ2) is 5.90. The van der Waals surface area contributed by atoms with Gasteiger partial charge in [0.2, 0.25) is 0 Å². The first kappa shape index (κ1) is 11.4. The average Bonchev–Trinajstić information content (AvgIpc) is 2.26. The molecule has 4 heteroatoms. The molecule has 0 bridgehead atoms. The van der Waals surface area contributed by atoms with Crippen molar-refractivity contribution in [3.8, 4) is 5.75 Å². The molecule has 0 saturated carbocycles. The average molecular weight is 214 g/mol. The van der Waals surface area contributed by atoms with Crippen molar-refractivity contribution in [2.75, 3.05) is 19.5 Å². The fraction of sp³-hybridized carbons (Fsp3) is 0.400. The lowest BCUT2D eigenvalue weighted by Gasteiger charge is -2.07. The summed E-state index contributed by atoms with van der Waals surface area (Å²) in [5.41, 5.74) is 0. The zero-order chi connectivity index (χ0) is 10.4. The summed E-state index contributed by atoms with van der Waals surface area (Å²) in [6.45, 7) is -0.197. The molecule has 0 aliphatic heterocycles. The minimum absolute atomic E-state index is 0.197. The Hall–Kier alpha value is -0.710. The van der Waals surface area contributed by atoms with Gasteiger partial charge in [0.25, 0.3) is 0 Å². The predicted octanol–water partition coefficient (Wildman–Crippen LogP) is 1.14. The maximum absolute atomic E-state index is 9.14. The summed E-state index contributed by atoms with van der Waals surface area (Å²) in [6.07, 6.45) is -0.661. The molecule has 1 rings (SSSR count). The first-order valence-corrected chi connectivity index (χ1v) is 5.30. The number of ether oxygens (including phenoxy) is 1. The van der Waals surface area contributed by atoms with E-state index in [1.807, 2.05) is 24.3 Å². The van der Waals surface area contributed by atoms with Crippen LogP contribution in [0, 0.1) is 0 Å². The van der Waals surface area contributed by atoms with Crippen molar-refractivity contribution in [2.24, 2.45) is 0 Å². The summed E-state index contributed by atoms with van der Waals surface area (Å²) in [4.78, 5) is 1.02. The van der Waals surface area contributed by atoms with E-state index in [-0.39, 0.29) is 6.61 Å². The highest BCUT2D eigenvalue weighted by atomic mass is 32.2. The number of thioether (sulfide) groups is 1. The topological polar surface area (TPSA) is 49.7 Å². The molecule has 0 aliphatic rings. The van der Waals surface area contributed by atoms with Gasteiger partial charge >= 0.3 is 0 Å². The van der Waals surface area contributed by atoms with Crippen LogP contribution in [0.15, 0.2) is 29.2 Å². The summed E-state index contributed by atoms with van der Waals surface area (Å²) in [5.74, 6) is 1.29. The van der Waals surface area contributed by atoms with Crippen LogP contribution in [0.4, 0.5) is 0 Å². The standard InChI is InChI=1S/C10H14O3S/c1-13-9-3-2-4-10(5-9)14-7-8(12)6-11/h2-5,8,11-12H,6-7H2,1H3. The minimum Gasteiger partial charge on any atom is -0.497 e. The number of aliphatic hydroxyl groups excluding tert-OH is 2. The Balaban J connectivity index is 2.50. The molecule has 14 heavy (non-hydrogen) atoms. The fourth-order valence-electron chi connectivity index (χ4n) is 0.936. The van der Waals surface area contributed by atoms with E-state index in [0.717, 1.165) is 10.6 Å². The third-order valence-corrected chi connectivity index (χ3v) is 2.83. The van der Waals surface area contributed by atoms with Gasteiger partial charge < -0.3 is 14.9 Å². The Labute approximate surface area is 87.7 Å². The maximum atomic E-state index is 9.14. The Morgan fingerprint density at radius 3 is 2.93 bits per heavy atom. The Kier molecular flexibility index (Phi) is 4.79. The quantitative estimate of drug-likeness (QED) is 0.722. The number of aliphatic hydroxyl groups is 2. The molecule has 0 fully saturated rings. The van der Waals surface area contributed by atoms with E-state index >= 15 is 0 Å². The molecule has 1 aromatic rings. The largest absolute Gasteiger partial charge is 0.497 e. The number of benzene rings is 1. The van der Waals surface area contributed by atoms with Crippen molar-refractivity contribution in [1.29, 1.82) is 0 Å². The van der Waals surface area contributed by atoms with Crippen molar-refractivity contribution in [3.05, 3.63) is 24.3 Å². The molecule has 1 unspecified atom stereocenters. The zero-order valence-electron chi connectivity index (χ0n) is 8.01. The fourth-order valence-corrected chi connectivity index (χ4v) is 1.80. The molecular weight excluding hydrogens is 200 g/mol. The van der Waals surface area contributed by atoms with Gasteiger partial charge in [-0.15, -0.1) is 11.8 Å². The molecular formula is C10H14O3S. The summed E-state index contributed by atoms with van der Waals surface area (Å²) in [6, 6.07) is 7.60. The van der Waals surface area contributed by atoms with Crippen LogP contribution >= 0.6 is 11.8 Å². The summed E-state index contributed by atoms with van der Waals surface area (Å²) in [5, 5.41) is 17.8. The Morgan fingerprint density at radius 2 is 2.29 bits per heavy atom. The normalized spacial score (nSPS) is 12.5. The molecule has 2 N–H and O–H groups in total. The second-order valence-electron chi connectivity index (χ2n) is 2.83. The second-order valence-corrected chi connectivity index (χ2v) is 3.92. The molecule has 0 radical (unpaired) electrons. The third kappa shape index (κ3) is 3.57. The smallest absolute Gasteiger partial charge is 0.119 e. The van der Waals surface area contributed by atoms with Gasteiger partial charge in [-0.2, -0.15) is 0 Å². The van der Waals surface area contributed by atoms with E-state index < -0.39 is 6.10 Å². The predicted molar refractivity (Wildman–Crippen MR) is 56.8 cm³/mol. The number of hydrogen-bond acceptors (Lipinski definition) is 4. The highest BCUT2D eigenvalue weighted by Gasteiger charge is 2.03. The van der Waals surface area contributed by atoms with Crippen molar-refractivity contribution < 1.29 is 14.9 Å². The van der Waals surface area contributed by atoms with E-state index in [1.54, 1.807) is 7.11 Å². The molecule has 0 saturated heterocycles. The summed E-state index contributed by atoms with van der Waals surface area (Å²) < 4.78 is 5.06. The van der Waals surface area contributed by atoms with Crippen LogP contribution < -0.4 is 4.74 Å². The van der Waals surface area contributed by atoms with E-state index in [9.17, 15) is 0 Å². The number of hydrogen-bond donors (Lipinski definition) is 2. The highest BCUT2D eigenvalue weighted by Crippen LogP contribution is 2.23. The van der Waals surface area contributed by atoms with Gasteiger partial charge in [-0.1, -0.05) is 6.07 Å². The van der Waals surface area contributed by atoms with Crippen molar-refractivity contribution in [2.45, 2.75) is 11.0 Å². The number of rotatable bonds is 5. The Morgan fingerprint density at radius 1 is 1.50 bits per heavy atom. The van der Waals surface area contributed by atoms with Gasteiger partial charge in [0, 0.05) is 10.6 Å².